The Hall–Kier alpha value is -2.53. The van der Waals surface area contributed by atoms with Crippen molar-refractivity contribution in [3.8, 4) is 5.75 Å². The van der Waals surface area contributed by atoms with Crippen LogP contribution < -0.4 is 9.64 Å². The Bertz CT molecular complexity index is 1020. The molecule has 4 rings (SSSR count). The molecule has 0 amide bonds. The lowest BCUT2D eigenvalue weighted by molar-refractivity contribution is 0.122. The summed E-state index contributed by atoms with van der Waals surface area (Å²) in [5.74, 6) is 0.747. The van der Waals surface area contributed by atoms with Gasteiger partial charge < -0.3 is 14.4 Å². The van der Waals surface area contributed by atoms with E-state index in [1.54, 1.807) is 12.1 Å². The number of hydrogen-bond acceptors (Lipinski definition) is 4. The molecular formula is C24H22Cl2N2O2. The first-order valence-corrected chi connectivity index (χ1v) is 10.6. The molecule has 0 radical (unpaired) electrons. The smallest absolute Gasteiger partial charge is 0.128 e. The van der Waals surface area contributed by atoms with Gasteiger partial charge in [-0.3, -0.25) is 4.99 Å². The molecule has 0 atom stereocenters. The van der Waals surface area contributed by atoms with Gasteiger partial charge in [-0.15, -0.1) is 0 Å². The minimum absolute atomic E-state index is 0.356. The van der Waals surface area contributed by atoms with Gasteiger partial charge in [-0.2, -0.15) is 0 Å². The van der Waals surface area contributed by atoms with Gasteiger partial charge in [0.1, 0.15) is 12.4 Å². The van der Waals surface area contributed by atoms with E-state index in [9.17, 15) is 0 Å². The molecule has 0 saturated carbocycles. The first kappa shape index (κ1) is 20.7. The second-order valence-electron chi connectivity index (χ2n) is 6.94. The quantitative estimate of drug-likeness (QED) is 0.430. The molecule has 154 valence electrons. The number of anilines is 1. The zero-order valence-corrected chi connectivity index (χ0v) is 17.9. The van der Waals surface area contributed by atoms with Gasteiger partial charge in [-0.25, -0.2) is 0 Å². The summed E-state index contributed by atoms with van der Waals surface area (Å²) in [6.07, 6.45) is 1.82. The molecule has 6 heteroatoms. The number of morpholine rings is 1. The zero-order valence-electron chi connectivity index (χ0n) is 16.4. The van der Waals surface area contributed by atoms with Gasteiger partial charge in [0.2, 0.25) is 0 Å². The van der Waals surface area contributed by atoms with E-state index in [0.717, 1.165) is 48.9 Å². The molecule has 3 aromatic rings. The number of halogens is 2. The van der Waals surface area contributed by atoms with Crippen LogP contribution in [-0.2, 0) is 11.3 Å². The Labute approximate surface area is 186 Å². The van der Waals surface area contributed by atoms with Crippen molar-refractivity contribution in [2.24, 2.45) is 4.99 Å². The molecule has 0 spiro atoms. The summed E-state index contributed by atoms with van der Waals surface area (Å²) in [4.78, 5) is 6.94. The SMILES string of the molecule is Clc1ccc(COc2ccccc2C=Nc2ccc(N3CCOCC3)cc2)c(Cl)c1. The third kappa shape index (κ3) is 5.33. The highest BCUT2D eigenvalue weighted by Crippen LogP contribution is 2.25. The van der Waals surface area contributed by atoms with E-state index >= 15 is 0 Å². The average Bonchev–Trinajstić information content (AvgIpc) is 2.79. The normalized spacial score (nSPS) is 14.3. The van der Waals surface area contributed by atoms with Gasteiger partial charge in [-0.05, 0) is 48.5 Å². The second-order valence-corrected chi connectivity index (χ2v) is 7.78. The van der Waals surface area contributed by atoms with Gasteiger partial charge in [0, 0.05) is 46.2 Å². The van der Waals surface area contributed by atoms with Crippen molar-refractivity contribution in [1.29, 1.82) is 0 Å². The lowest BCUT2D eigenvalue weighted by Crippen LogP contribution is -2.36. The van der Waals surface area contributed by atoms with Gasteiger partial charge in [0.05, 0.1) is 18.9 Å². The van der Waals surface area contributed by atoms with Crippen LogP contribution in [0.4, 0.5) is 11.4 Å². The maximum absolute atomic E-state index is 6.24. The Morgan fingerprint density at radius 2 is 1.73 bits per heavy atom. The van der Waals surface area contributed by atoms with E-state index in [2.05, 4.69) is 22.0 Å². The van der Waals surface area contributed by atoms with E-state index in [1.165, 1.54) is 5.69 Å². The topological polar surface area (TPSA) is 34.1 Å². The predicted molar refractivity (Wildman–Crippen MR) is 124 cm³/mol. The molecule has 3 aromatic carbocycles. The number of benzene rings is 3. The first-order chi connectivity index (χ1) is 14.7. The van der Waals surface area contributed by atoms with Crippen molar-refractivity contribution in [1.82, 2.24) is 0 Å². The first-order valence-electron chi connectivity index (χ1n) is 9.81. The summed E-state index contributed by atoms with van der Waals surface area (Å²) >= 11 is 12.2. The number of hydrogen-bond donors (Lipinski definition) is 0. The number of para-hydroxylation sites is 1. The van der Waals surface area contributed by atoms with Crippen LogP contribution in [0.5, 0.6) is 5.75 Å². The van der Waals surface area contributed by atoms with Crippen LogP contribution in [0.25, 0.3) is 0 Å². The summed E-state index contributed by atoms with van der Waals surface area (Å²) in [7, 11) is 0. The summed E-state index contributed by atoms with van der Waals surface area (Å²) in [5, 5.41) is 1.20. The summed E-state index contributed by atoms with van der Waals surface area (Å²) in [5.41, 5.74) is 3.87. The van der Waals surface area contributed by atoms with E-state index in [1.807, 2.05) is 48.7 Å². The molecule has 0 unspecified atom stereocenters. The van der Waals surface area contributed by atoms with Crippen molar-refractivity contribution in [2.45, 2.75) is 6.61 Å². The maximum atomic E-state index is 6.24. The number of ether oxygens (including phenoxy) is 2. The highest BCUT2D eigenvalue weighted by molar-refractivity contribution is 6.35. The molecule has 30 heavy (non-hydrogen) atoms. The van der Waals surface area contributed by atoms with Gasteiger partial charge in [-0.1, -0.05) is 41.4 Å². The molecule has 4 nitrogen and oxygen atoms in total. The van der Waals surface area contributed by atoms with Crippen LogP contribution >= 0.6 is 23.2 Å². The number of nitrogens with zero attached hydrogens (tertiary/aromatic N) is 2. The summed E-state index contributed by atoms with van der Waals surface area (Å²) < 4.78 is 11.4. The Morgan fingerprint density at radius 1 is 0.967 bits per heavy atom. The monoisotopic (exact) mass is 440 g/mol. The Balaban J connectivity index is 1.43. The van der Waals surface area contributed by atoms with Crippen molar-refractivity contribution in [2.75, 3.05) is 31.2 Å². The molecule has 0 aromatic heterocycles. The number of aliphatic imine (C=N–C) groups is 1. The van der Waals surface area contributed by atoms with Crippen LogP contribution in [-0.4, -0.2) is 32.5 Å². The fourth-order valence-corrected chi connectivity index (χ4v) is 3.69. The van der Waals surface area contributed by atoms with Crippen LogP contribution in [0.3, 0.4) is 0 Å². The summed E-state index contributed by atoms with van der Waals surface area (Å²) in [6.45, 7) is 3.75. The molecule has 1 heterocycles. The van der Waals surface area contributed by atoms with Crippen molar-refractivity contribution < 1.29 is 9.47 Å². The van der Waals surface area contributed by atoms with E-state index in [-0.39, 0.29) is 0 Å². The second kappa shape index (κ2) is 9.98. The molecule has 0 N–H and O–H groups in total. The zero-order chi connectivity index (χ0) is 20.8. The lowest BCUT2D eigenvalue weighted by atomic mass is 10.2. The van der Waals surface area contributed by atoms with E-state index in [0.29, 0.717) is 16.7 Å². The largest absolute Gasteiger partial charge is 0.488 e. The van der Waals surface area contributed by atoms with Gasteiger partial charge in [0.15, 0.2) is 0 Å². The van der Waals surface area contributed by atoms with Gasteiger partial charge in [0.25, 0.3) is 0 Å². The molecule has 0 aliphatic carbocycles. The molecule has 1 aliphatic heterocycles. The van der Waals surface area contributed by atoms with E-state index in [4.69, 9.17) is 32.7 Å². The molecule has 1 saturated heterocycles. The molecule has 1 fully saturated rings. The fourth-order valence-electron chi connectivity index (χ4n) is 3.23. The summed E-state index contributed by atoms with van der Waals surface area (Å²) in [6, 6.07) is 21.4. The third-order valence-electron chi connectivity index (χ3n) is 4.90. The van der Waals surface area contributed by atoms with Crippen LogP contribution in [0.1, 0.15) is 11.1 Å². The third-order valence-corrected chi connectivity index (χ3v) is 5.48. The standard InChI is InChI=1S/C24H22Cl2N2O2/c25-20-6-5-19(23(26)15-20)17-30-24-4-2-1-3-18(24)16-27-21-7-9-22(10-8-21)28-11-13-29-14-12-28/h1-10,15-16H,11-14,17H2. The lowest BCUT2D eigenvalue weighted by Gasteiger charge is -2.28. The van der Waals surface area contributed by atoms with Gasteiger partial charge >= 0.3 is 0 Å². The maximum Gasteiger partial charge on any atom is 0.128 e. The molecular weight excluding hydrogens is 419 g/mol. The fraction of sp³-hybridized carbons (Fsp3) is 0.208. The molecule has 0 bridgehead atoms. The average molecular weight is 441 g/mol. The Kier molecular flexibility index (Phi) is 6.90. The van der Waals surface area contributed by atoms with Crippen LogP contribution in [0.15, 0.2) is 71.7 Å². The highest BCUT2D eigenvalue weighted by atomic mass is 35.5. The molecule has 1 aliphatic rings. The minimum Gasteiger partial charge on any atom is -0.488 e. The van der Waals surface area contributed by atoms with Crippen molar-refractivity contribution in [3.63, 3.8) is 0 Å². The van der Waals surface area contributed by atoms with Crippen molar-refractivity contribution in [3.05, 3.63) is 87.9 Å². The van der Waals surface area contributed by atoms with Crippen LogP contribution in [0, 0.1) is 0 Å². The predicted octanol–water partition coefficient (Wildman–Crippen LogP) is 6.16. The minimum atomic E-state index is 0.356. The highest BCUT2D eigenvalue weighted by Gasteiger charge is 2.10. The number of rotatable bonds is 6. The van der Waals surface area contributed by atoms with E-state index < -0.39 is 0 Å². The van der Waals surface area contributed by atoms with Crippen LogP contribution in [0.2, 0.25) is 10.0 Å². The Morgan fingerprint density at radius 3 is 2.50 bits per heavy atom. The van der Waals surface area contributed by atoms with Crippen molar-refractivity contribution >= 4 is 40.8 Å².